The van der Waals surface area contributed by atoms with Gasteiger partial charge in [0.1, 0.15) is 5.82 Å². The topological polar surface area (TPSA) is 38.3 Å². The van der Waals surface area contributed by atoms with Crippen LogP contribution in [-0.2, 0) is 9.63 Å². The molecule has 0 unspecified atom stereocenters. The van der Waals surface area contributed by atoms with Gasteiger partial charge in [-0.1, -0.05) is 26.0 Å². The SMILES string of the molecule is CC(C)CONC(=O)CCSc1ccccc1F. The molecule has 0 atom stereocenters. The Morgan fingerprint density at radius 3 is 2.83 bits per heavy atom. The van der Waals surface area contributed by atoms with Crippen LogP contribution in [0.5, 0.6) is 0 Å². The predicted octanol–water partition coefficient (Wildman–Crippen LogP) is 3.01. The highest BCUT2D eigenvalue weighted by molar-refractivity contribution is 7.99. The molecule has 0 aliphatic rings. The molecule has 0 heterocycles. The highest BCUT2D eigenvalue weighted by Crippen LogP contribution is 2.21. The van der Waals surface area contributed by atoms with Crippen LogP contribution in [0, 0.1) is 11.7 Å². The Kier molecular flexibility index (Phi) is 6.75. The van der Waals surface area contributed by atoms with E-state index >= 15 is 0 Å². The molecular formula is C13H18FNO2S. The monoisotopic (exact) mass is 271 g/mol. The van der Waals surface area contributed by atoms with Crippen molar-refractivity contribution in [3.63, 3.8) is 0 Å². The number of hydroxylamine groups is 1. The van der Waals surface area contributed by atoms with Gasteiger partial charge in [-0.2, -0.15) is 0 Å². The van der Waals surface area contributed by atoms with Crippen LogP contribution >= 0.6 is 11.8 Å². The number of thioether (sulfide) groups is 1. The molecule has 100 valence electrons. The third-order valence-electron chi connectivity index (χ3n) is 2.03. The minimum absolute atomic E-state index is 0.181. The Bertz CT molecular complexity index is 385. The van der Waals surface area contributed by atoms with E-state index in [2.05, 4.69) is 5.48 Å². The summed E-state index contributed by atoms with van der Waals surface area (Å²) in [6.07, 6.45) is 0.303. The van der Waals surface area contributed by atoms with Crippen molar-refractivity contribution in [2.24, 2.45) is 5.92 Å². The highest BCUT2D eigenvalue weighted by atomic mass is 32.2. The van der Waals surface area contributed by atoms with E-state index in [1.54, 1.807) is 18.2 Å². The Balaban J connectivity index is 2.18. The number of halogens is 1. The van der Waals surface area contributed by atoms with Crippen LogP contribution < -0.4 is 5.48 Å². The third kappa shape index (κ3) is 6.02. The van der Waals surface area contributed by atoms with E-state index in [0.29, 0.717) is 29.6 Å². The summed E-state index contributed by atoms with van der Waals surface area (Å²) in [4.78, 5) is 16.9. The van der Waals surface area contributed by atoms with Crippen molar-refractivity contribution in [2.75, 3.05) is 12.4 Å². The fraction of sp³-hybridized carbons (Fsp3) is 0.462. The molecule has 1 N–H and O–H groups in total. The molecule has 0 fully saturated rings. The number of amides is 1. The van der Waals surface area contributed by atoms with E-state index in [9.17, 15) is 9.18 Å². The van der Waals surface area contributed by atoms with Gasteiger partial charge in [-0.15, -0.1) is 11.8 Å². The minimum Gasteiger partial charge on any atom is -0.273 e. The molecule has 0 saturated heterocycles. The van der Waals surface area contributed by atoms with E-state index in [0.717, 1.165) is 0 Å². The molecule has 0 aliphatic carbocycles. The zero-order valence-corrected chi connectivity index (χ0v) is 11.4. The lowest BCUT2D eigenvalue weighted by molar-refractivity contribution is -0.133. The number of nitrogens with one attached hydrogen (secondary N) is 1. The van der Waals surface area contributed by atoms with Gasteiger partial charge in [0, 0.05) is 17.1 Å². The summed E-state index contributed by atoms with van der Waals surface area (Å²) < 4.78 is 13.3. The van der Waals surface area contributed by atoms with Gasteiger partial charge in [-0.3, -0.25) is 9.63 Å². The molecule has 0 aliphatic heterocycles. The number of carbonyl (C=O) groups excluding carboxylic acids is 1. The summed E-state index contributed by atoms with van der Waals surface area (Å²) in [5.41, 5.74) is 2.37. The maximum atomic E-state index is 13.3. The van der Waals surface area contributed by atoms with Gasteiger partial charge >= 0.3 is 0 Å². The Morgan fingerprint density at radius 2 is 2.17 bits per heavy atom. The zero-order valence-electron chi connectivity index (χ0n) is 10.6. The summed E-state index contributed by atoms with van der Waals surface area (Å²) in [5, 5.41) is 0. The molecule has 1 aromatic rings. The Morgan fingerprint density at radius 1 is 1.44 bits per heavy atom. The summed E-state index contributed by atoms with van der Waals surface area (Å²) >= 11 is 1.32. The summed E-state index contributed by atoms with van der Waals surface area (Å²) in [7, 11) is 0. The van der Waals surface area contributed by atoms with E-state index < -0.39 is 0 Å². The van der Waals surface area contributed by atoms with Gasteiger partial charge < -0.3 is 0 Å². The van der Waals surface area contributed by atoms with Gasteiger partial charge in [0.05, 0.1) is 6.61 Å². The molecule has 0 bridgehead atoms. The van der Waals surface area contributed by atoms with E-state index in [-0.39, 0.29) is 11.7 Å². The van der Waals surface area contributed by atoms with Crippen LogP contribution in [0.4, 0.5) is 4.39 Å². The Labute approximate surface area is 111 Å². The van der Waals surface area contributed by atoms with Crippen molar-refractivity contribution in [3.05, 3.63) is 30.1 Å². The van der Waals surface area contributed by atoms with E-state index in [1.165, 1.54) is 17.8 Å². The fourth-order valence-corrected chi connectivity index (χ4v) is 2.04. The summed E-state index contributed by atoms with van der Waals surface area (Å²) in [5.74, 6) is 0.467. The van der Waals surface area contributed by atoms with Gasteiger partial charge in [0.25, 0.3) is 0 Å². The smallest absolute Gasteiger partial charge is 0.244 e. The van der Waals surface area contributed by atoms with E-state index in [4.69, 9.17) is 4.84 Å². The normalized spacial score (nSPS) is 10.7. The van der Waals surface area contributed by atoms with Crippen LogP contribution in [0.1, 0.15) is 20.3 Å². The third-order valence-corrected chi connectivity index (χ3v) is 3.08. The van der Waals surface area contributed by atoms with Crippen molar-refractivity contribution >= 4 is 17.7 Å². The number of rotatable bonds is 7. The number of hydrogen-bond donors (Lipinski definition) is 1. The molecule has 1 rings (SSSR count). The first-order valence-electron chi connectivity index (χ1n) is 5.87. The van der Waals surface area contributed by atoms with Crippen LogP contribution in [0.3, 0.4) is 0 Å². The van der Waals surface area contributed by atoms with Gasteiger partial charge in [0.2, 0.25) is 5.91 Å². The molecule has 3 nitrogen and oxygen atoms in total. The quantitative estimate of drug-likeness (QED) is 0.612. The molecule has 5 heteroatoms. The van der Waals surface area contributed by atoms with Crippen LogP contribution in [0.2, 0.25) is 0 Å². The van der Waals surface area contributed by atoms with Crippen molar-refractivity contribution in [1.82, 2.24) is 5.48 Å². The molecule has 0 spiro atoms. The van der Waals surface area contributed by atoms with Crippen molar-refractivity contribution in [1.29, 1.82) is 0 Å². The predicted molar refractivity (Wildman–Crippen MR) is 70.7 cm³/mol. The van der Waals surface area contributed by atoms with Crippen LogP contribution in [0.25, 0.3) is 0 Å². The molecule has 0 aromatic heterocycles. The van der Waals surface area contributed by atoms with Crippen molar-refractivity contribution < 1.29 is 14.0 Å². The van der Waals surface area contributed by atoms with Gasteiger partial charge in [0.15, 0.2) is 0 Å². The second-order valence-corrected chi connectivity index (χ2v) is 5.40. The van der Waals surface area contributed by atoms with Gasteiger partial charge in [-0.25, -0.2) is 9.87 Å². The van der Waals surface area contributed by atoms with Crippen molar-refractivity contribution in [3.8, 4) is 0 Å². The first-order chi connectivity index (χ1) is 8.59. The highest BCUT2D eigenvalue weighted by Gasteiger charge is 2.05. The lowest BCUT2D eigenvalue weighted by Crippen LogP contribution is -2.25. The zero-order chi connectivity index (χ0) is 13.4. The molecule has 0 radical (unpaired) electrons. The first kappa shape index (κ1) is 15.0. The summed E-state index contributed by atoms with van der Waals surface area (Å²) in [6, 6.07) is 6.53. The van der Waals surface area contributed by atoms with Crippen molar-refractivity contribution in [2.45, 2.75) is 25.2 Å². The largest absolute Gasteiger partial charge is 0.273 e. The van der Waals surface area contributed by atoms with Gasteiger partial charge in [-0.05, 0) is 18.1 Å². The number of carbonyl (C=O) groups is 1. The number of benzene rings is 1. The average molecular weight is 271 g/mol. The van der Waals surface area contributed by atoms with E-state index in [1.807, 2.05) is 13.8 Å². The first-order valence-corrected chi connectivity index (χ1v) is 6.86. The average Bonchev–Trinajstić information content (AvgIpc) is 2.31. The lowest BCUT2D eigenvalue weighted by Gasteiger charge is -2.07. The Hall–Kier alpha value is -1.07. The summed E-state index contributed by atoms with van der Waals surface area (Å²) in [6.45, 7) is 4.49. The maximum absolute atomic E-state index is 13.3. The molecule has 0 saturated carbocycles. The standard InChI is InChI=1S/C13H18FNO2S/c1-10(2)9-17-15-13(16)7-8-18-12-6-4-3-5-11(12)14/h3-6,10H,7-9H2,1-2H3,(H,15,16). The molecular weight excluding hydrogens is 253 g/mol. The van der Waals surface area contributed by atoms with Crippen LogP contribution in [0.15, 0.2) is 29.2 Å². The fourth-order valence-electron chi connectivity index (χ4n) is 1.16. The second kappa shape index (κ2) is 8.11. The molecule has 1 amide bonds. The molecule has 1 aromatic carbocycles. The second-order valence-electron chi connectivity index (χ2n) is 4.26. The minimum atomic E-state index is -0.251. The van der Waals surface area contributed by atoms with Crippen LogP contribution in [-0.4, -0.2) is 18.3 Å². The maximum Gasteiger partial charge on any atom is 0.244 e. The number of hydrogen-bond acceptors (Lipinski definition) is 3. The molecule has 18 heavy (non-hydrogen) atoms. The lowest BCUT2D eigenvalue weighted by atomic mass is 10.2.